The van der Waals surface area contributed by atoms with Gasteiger partial charge in [-0.2, -0.15) is 0 Å². The van der Waals surface area contributed by atoms with Crippen LogP contribution < -0.4 is 0 Å². The third-order valence-electron chi connectivity index (χ3n) is 1.15. The molecule has 0 saturated heterocycles. The molecule has 0 saturated carbocycles. The summed E-state index contributed by atoms with van der Waals surface area (Å²) in [4.78, 5) is 5.22. The van der Waals surface area contributed by atoms with E-state index in [9.17, 15) is 0 Å². The van der Waals surface area contributed by atoms with Gasteiger partial charge in [-0.1, -0.05) is 13.8 Å². The zero-order valence-corrected chi connectivity index (χ0v) is 8.33. The Balaban J connectivity index is 0.000000461. The van der Waals surface area contributed by atoms with Crippen molar-refractivity contribution in [1.29, 1.82) is 0 Å². The zero-order valence-electron chi connectivity index (χ0n) is 7.51. The smallest absolute Gasteiger partial charge is 0.0901 e. The summed E-state index contributed by atoms with van der Waals surface area (Å²) in [7, 11) is 0. The van der Waals surface area contributed by atoms with Crippen LogP contribution in [-0.2, 0) is 6.61 Å². The summed E-state index contributed by atoms with van der Waals surface area (Å²) < 4.78 is 0. The Hall–Kier alpha value is -0.410. The lowest BCUT2D eigenvalue weighted by Crippen LogP contribution is -1.84. The molecule has 1 heterocycles. The van der Waals surface area contributed by atoms with E-state index in [2.05, 4.69) is 4.98 Å². The third-order valence-corrected chi connectivity index (χ3v) is 2.08. The third kappa shape index (κ3) is 2.99. The quantitative estimate of drug-likeness (QED) is 0.706. The first-order valence-electron chi connectivity index (χ1n) is 3.78. The summed E-state index contributed by atoms with van der Waals surface area (Å²) in [6.45, 7) is 7.98. The average molecular weight is 173 g/mol. The van der Waals surface area contributed by atoms with Crippen molar-refractivity contribution < 1.29 is 5.11 Å². The first-order valence-corrected chi connectivity index (χ1v) is 4.59. The molecule has 0 unspecified atom stereocenters. The van der Waals surface area contributed by atoms with Crippen LogP contribution in [-0.4, -0.2) is 10.1 Å². The Kier molecular flexibility index (Phi) is 5.07. The van der Waals surface area contributed by atoms with Crippen molar-refractivity contribution in [2.75, 3.05) is 0 Å². The molecule has 0 aliphatic rings. The molecule has 0 atom stereocenters. The van der Waals surface area contributed by atoms with Crippen molar-refractivity contribution in [2.45, 2.75) is 34.3 Å². The van der Waals surface area contributed by atoms with Gasteiger partial charge in [0.1, 0.15) is 0 Å². The van der Waals surface area contributed by atoms with Crippen LogP contribution in [0.3, 0.4) is 0 Å². The molecule has 0 amide bonds. The van der Waals surface area contributed by atoms with Gasteiger partial charge in [-0.25, -0.2) is 4.98 Å². The number of aliphatic hydroxyl groups is 1. The van der Waals surface area contributed by atoms with Crippen LogP contribution in [0.2, 0.25) is 0 Å². The van der Waals surface area contributed by atoms with Crippen molar-refractivity contribution in [3.8, 4) is 0 Å². The highest BCUT2D eigenvalue weighted by Gasteiger charge is 2.00. The van der Waals surface area contributed by atoms with Gasteiger partial charge in [0.15, 0.2) is 0 Å². The lowest BCUT2D eigenvalue weighted by molar-refractivity contribution is 0.277. The minimum Gasteiger partial charge on any atom is -0.390 e. The number of nitrogens with zero attached hydrogens (tertiary/aromatic N) is 1. The predicted octanol–water partition coefficient (Wildman–Crippen LogP) is 2.28. The maximum absolute atomic E-state index is 8.68. The van der Waals surface area contributed by atoms with Crippen molar-refractivity contribution in [1.82, 2.24) is 4.98 Å². The molecule has 0 spiro atoms. The van der Waals surface area contributed by atoms with Gasteiger partial charge in [0, 0.05) is 4.88 Å². The highest BCUT2D eigenvalue weighted by molar-refractivity contribution is 7.11. The van der Waals surface area contributed by atoms with E-state index in [1.807, 2.05) is 27.7 Å². The van der Waals surface area contributed by atoms with E-state index in [1.165, 1.54) is 0 Å². The molecule has 0 bridgehead atoms. The van der Waals surface area contributed by atoms with Crippen LogP contribution in [0, 0.1) is 13.8 Å². The SMILES string of the molecule is CC.Cc1nc(CO)c(C)s1. The Labute approximate surface area is 71.9 Å². The summed E-state index contributed by atoms with van der Waals surface area (Å²) in [5.41, 5.74) is 0.817. The molecule has 0 aromatic carbocycles. The van der Waals surface area contributed by atoms with Gasteiger partial charge in [0.05, 0.1) is 17.3 Å². The number of aromatic nitrogens is 1. The Morgan fingerprint density at radius 1 is 1.36 bits per heavy atom. The van der Waals surface area contributed by atoms with Crippen LogP contribution in [0.5, 0.6) is 0 Å². The molecule has 64 valence electrons. The van der Waals surface area contributed by atoms with E-state index < -0.39 is 0 Å². The van der Waals surface area contributed by atoms with Gasteiger partial charge < -0.3 is 5.11 Å². The van der Waals surface area contributed by atoms with E-state index >= 15 is 0 Å². The molecule has 2 nitrogen and oxygen atoms in total. The number of aliphatic hydroxyl groups excluding tert-OH is 1. The molecule has 0 aliphatic carbocycles. The fraction of sp³-hybridized carbons (Fsp3) is 0.625. The van der Waals surface area contributed by atoms with E-state index in [4.69, 9.17) is 5.11 Å². The lowest BCUT2D eigenvalue weighted by Gasteiger charge is -1.85. The van der Waals surface area contributed by atoms with E-state index in [-0.39, 0.29) is 6.61 Å². The van der Waals surface area contributed by atoms with Crippen LogP contribution in [0.1, 0.15) is 29.4 Å². The fourth-order valence-corrected chi connectivity index (χ4v) is 1.55. The Morgan fingerprint density at radius 3 is 2.09 bits per heavy atom. The topological polar surface area (TPSA) is 33.1 Å². The van der Waals surface area contributed by atoms with Crippen molar-refractivity contribution in [3.63, 3.8) is 0 Å². The van der Waals surface area contributed by atoms with Crippen molar-refractivity contribution >= 4 is 11.3 Å². The number of thiazole rings is 1. The molecular weight excluding hydrogens is 158 g/mol. The van der Waals surface area contributed by atoms with Crippen LogP contribution in [0.15, 0.2) is 0 Å². The predicted molar refractivity (Wildman–Crippen MR) is 48.9 cm³/mol. The number of rotatable bonds is 1. The van der Waals surface area contributed by atoms with Crippen LogP contribution in [0.25, 0.3) is 0 Å². The second-order valence-electron chi connectivity index (χ2n) is 1.89. The van der Waals surface area contributed by atoms with Crippen molar-refractivity contribution in [2.24, 2.45) is 0 Å². The molecule has 0 aliphatic heterocycles. The van der Waals surface area contributed by atoms with Gasteiger partial charge in [-0.15, -0.1) is 11.3 Å². The lowest BCUT2D eigenvalue weighted by atomic mass is 10.4. The first-order chi connectivity index (χ1) is 5.24. The largest absolute Gasteiger partial charge is 0.390 e. The van der Waals surface area contributed by atoms with Crippen molar-refractivity contribution in [3.05, 3.63) is 15.6 Å². The minimum absolute atomic E-state index is 0.0656. The molecule has 11 heavy (non-hydrogen) atoms. The Bertz CT molecular complexity index is 208. The zero-order chi connectivity index (χ0) is 8.85. The first kappa shape index (κ1) is 10.6. The summed E-state index contributed by atoms with van der Waals surface area (Å²) in [5.74, 6) is 0. The van der Waals surface area contributed by atoms with E-state index in [0.717, 1.165) is 15.6 Å². The van der Waals surface area contributed by atoms with Gasteiger partial charge in [0.25, 0.3) is 0 Å². The van der Waals surface area contributed by atoms with E-state index in [0.29, 0.717) is 0 Å². The average Bonchev–Trinajstić information content (AvgIpc) is 2.33. The number of aryl methyl sites for hydroxylation is 2. The normalized spacial score (nSPS) is 8.82. The van der Waals surface area contributed by atoms with Gasteiger partial charge in [-0.3, -0.25) is 0 Å². The highest BCUT2D eigenvalue weighted by atomic mass is 32.1. The molecule has 1 aromatic rings. The monoisotopic (exact) mass is 173 g/mol. The van der Waals surface area contributed by atoms with E-state index in [1.54, 1.807) is 11.3 Å². The summed E-state index contributed by atoms with van der Waals surface area (Å²) in [6, 6.07) is 0. The molecular formula is C8H15NOS. The molecule has 1 N–H and O–H groups in total. The number of hydrogen-bond acceptors (Lipinski definition) is 3. The van der Waals surface area contributed by atoms with Gasteiger partial charge in [0.2, 0.25) is 0 Å². The molecule has 1 rings (SSSR count). The Morgan fingerprint density at radius 2 is 1.91 bits per heavy atom. The molecule has 1 aromatic heterocycles. The van der Waals surface area contributed by atoms with Crippen LogP contribution >= 0.6 is 11.3 Å². The summed E-state index contributed by atoms with van der Waals surface area (Å²) in [5, 5.41) is 9.70. The second-order valence-corrected chi connectivity index (χ2v) is 3.30. The maximum Gasteiger partial charge on any atom is 0.0901 e. The van der Waals surface area contributed by atoms with Gasteiger partial charge in [-0.05, 0) is 13.8 Å². The van der Waals surface area contributed by atoms with Crippen LogP contribution in [0.4, 0.5) is 0 Å². The highest BCUT2D eigenvalue weighted by Crippen LogP contribution is 2.15. The fourth-order valence-electron chi connectivity index (χ4n) is 0.719. The molecule has 0 radical (unpaired) electrons. The second kappa shape index (κ2) is 5.27. The molecule has 0 fully saturated rings. The number of hydrogen-bond donors (Lipinski definition) is 1. The summed E-state index contributed by atoms with van der Waals surface area (Å²) in [6.07, 6.45) is 0. The summed E-state index contributed by atoms with van der Waals surface area (Å²) >= 11 is 1.62. The van der Waals surface area contributed by atoms with Gasteiger partial charge >= 0.3 is 0 Å². The minimum atomic E-state index is 0.0656. The standard InChI is InChI=1S/C6H9NOS.C2H6/c1-4-6(3-8)7-5(2)9-4;1-2/h8H,3H2,1-2H3;1-2H3. The molecule has 3 heteroatoms. The maximum atomic E-state index is 8.68.